The average Bonchev–Trinajstić information content (AvgIpc) is 2.43. The first kappa shape index (κ1) is 28.0. The molecule has 0 saturated heterocycles. The van der Waals surface area contributed by atoms with E-state index in [-0.39, 0.29) is 65.0 Å². The van der Waals surface area contributed by atoms with Gasteiger partial charge in [0.15, 0.2) is 0 Å². The predicted octanol–water partition coefficient (Wildman–Crippen LogP) is 4.75. The van der Waals surface area contributed by atoms with Crippen molar-refractivity contribution in [3.8, 4) is 0 Å². The van der Waals surface area contributed by atoms with Crippen LogP contribution in [0.25, 0.3) is 0 Å². The van der Waals surface area contributed by atoms with Crippen LogP contribution in [-0.4, -0.2) is 65.0 Å². The summed E-state index contributed by atoms with van der Waals surface area (Å²) in [5.74, 6) is -0.164. The zero-order valence-electron chi connectivity index (χ0n) is 15.5. The van der Waals surface area contributed by atoms with Crippen molar-refractivity contribution in [1.82, 2.24) is 0 Å². The Kier molecular flexibility index (Phi) is 31.2. The van der Waals surface area contributed by atoms with Gasteiger partial charge in [-0.3, -0.25) is 4.79 Å². The van der Waals surface area contributed by atoms with Crippen molar-refractivity contribution in [3.05, 3.63) is 12.2 Å². The van der Waals surface area contributed by atoms with Crippen LogP contribution in [0.5, 0.6) is 0 Å². The van der Waals surface area contributed by atoms with E-state index >= 15 is 0 Å². The molecule has 0 heterocycles. The molecule has 0 atom stereocenters. The second-order valence-electron chi connectivity index (χ2n) is 5.80. The van der Waals surface area contributed by atoms with E-state index in [9.17, 15) is 4.79 Å². The zero-order chi connectivity index (χ0) is 14.9. The molecule has 0 saturated carbocycles. The van der Waals surface area contributed by atoms with Gasteiger partial charge in [0, 0.05) is 65.5 Å². The summed E-state index contributed by atoms with van der Waals surface area (Å²) in [5, 5.41) is 0. The quantitative estimate of drug-likeness (QED) is 0.263. The van der Waals surface area contributed by atoms with Gasteiger partial charge in [0.05, 0.1) is 0 Å². The summed E-state index contributed by atoms with van der Waals surface area (Å²) < 4.78 is 0. The number of carbonyl (C=O) groups is 1. The Bertz CT molecular complexity index is 245. The molecule has 0 aromatic carbocycles. The van der Waals surface area contributed by atoms with Gasteiger partial charge in [-0.15, -0.1) is 0 Å². The molecule has 2 N–H and O–H groups in total. The zero-order valence-corrected chi connectivity index (χ0v) is 19.5. The Labute approximate surface area is 183 Å². The summed E-state index contributed by atoms with van der Waals surface area (Å²) in [6, 6.07) is 0. The van der Waals surface area contributed by atoms with Crippen molar-refractivity contribution in [2.75, 3.05) is 0 Å². The third-order valence-electron chi connectivity index (χ3n) is 3.68. The second kappa shape index (κ2) is 24.5. The number of primary amides is 1. The Morgan fingerprint density at radius 2 is 1.14 bits per heavy atom. The molecule has 0 aliphatic heterocycles. The van der Waals surface area contributed by atoms with Crippen LogP contribution >= 0.6 is 0 Å². The van der Waals surface area contributed by atoms with E-state index in [1.807, 2.05) is 0 Å². The largest absolute Gasteiger partial charge is 0.370 e. The molecule has 0 spiro atoms. The number of unbranched alkanes of at least 4 members (excludes halogenated alkanes) is 11. The van der Waals surface area contributed by atoms with Crippen molar-refractivity contribution in [1.29, 1.82) is 0 Å². The van der Waals surface area contributed by atoms with Gasteiger partial charge in [-0.2, -0.15) is 0 Å². The molecular formula is C18H35NNa2O. The number of nitrogens with two attached hydrogens (primary N) is 1. The summed E-state index contributed by atoms with van der Waals surface area (Å²) in [7, 11) is 0. The normalized spacial score (nSPS) is 10.2. The van der Waals surface area contributed by atoms with E-state index < -0.39 is 0 Å². The molecule has 0 aromatic rings. The van der Waals surface area contributed by atoms with Gasteiger partial charge in [-0.25, -0.2) is 0 Å². The maximum absolute atomic E-state index is 10.5. The summed E-state index contributed by atoms with van der Waals surface area (Å²) >= 11 is 0. The van der Waals surface area contributed by atoms with E-state index in [0.717, 1.165) is 12.8 Å². The molecule has 0 fully saturated rings. The van der Waals surface area contributed by atoms with Crippen LogP contribution in [0.4, 0.5) is 0 Å². The third kappa shape index (κ3) is 26.1. The smallest absolute Gasteiger partial charge is 0.217 e. The minimum atomic E-state index is -0.164. The SMILES string of the molecule is CCCCCCCC/C=C\CCCCCCCC(N)=O.[Na].[Na]. The first-order chi connectivity index (χ1) is 9.77. The fraction of sp³-hybridized carbons (Fsp3) is 0.833. The first-order valence-corrected chi connectivity index (χ1v) is 8.70. The number of hydrogen-bond donors (Lipinski definition) is 1. The minimum Gasteiger partial charge on any atom is -0.370 e. The van der Waals surface area contributed by atoms with Crippen LogP contribution in [-0.2, 0) is 4.79 Å². The molecule has 0 bridgehead atoms. The van der Waals surface area contributed by atoms with Crippen LogP contribution in [0.2, 0.25) is 0 Å². The van der Waals surface area contributed by atoms with Crippen molar-refractivity contribution in [3.63, 3.8) is 0 Å². The Balaban J connectivity index is -0.00000180. The fourth-order valence-corrected chi connectivity index (χ4v) is 2.37. The predicted molar refractivity (Wildman–Crippen MR) is 100 cm³/mol. The van der Waals surface area contributed by atoms with Crippen LogP contribution in [0.15, 0.2) is 12.2 Å². The monoisotopic (exact) mass is 327 g/mol. The first-order valence-electron chi connectivity index (χ1n) is 8.70. The summed E-state index contributed by atoms with van der Waals surface area (Å²) in [5.41, 5.74) is 5.10. The molecule has 0 aliphatic rings. The maximum Gasteiger partial charge on any atom is 0.217 e. The Morgan fingerprint density at radius 3 is 1.59 bits per heavy atom. The maximum atomic E-state index is 10.5. The second-order valence-corrected chi connectivity index (χ2v) is 5.80. The number of allylic oxidation sites excluding steroid dienone is 2. The van der Waals surface area contributed by atoms with Crippen LogP contribution in [0, 0.1) is 0 Å². The number of carbonyl (C=O) groups excluding carboxylic acids is 1. The standard InChI is InChI=1S/C18H35NO.2Na/c1-2-3-4-5-6-7-8-9-10-11-12-13-14-15-16-17-18(19)20;;/h9-10H,2-8,11-17H2,1H3,(H2,19,20);;/b10-9-;;. The van der Waals surface area contributed by atoms with E-state index in [4.69, 9.17) is 5.73 Å². The van der Waals surface area contributed by atoms with Crippen molar-refractivity contribution < 1.29 is 4.79 Å². The van der Waals surface area contributed by atoms with Gasteiger partial charge >= 0.3 is 0 Å². The molecular weight excluding hydrogens is 292 g/mol. The molecule has 2 radical (unpaired) electrons. The van der Waals surface area contributed by atoms with E-state index in [1.54, 1.807) is 0 Å². The van der Waals surface area contributed by atoms with Gasteiger partial charge < -0.3 is 5.73 Å². The van der Waals surface area contributed by atoms with Crippen LogP contribution in [0.3, 0.4) is 0 Å². The number of hydrogen-bond acceptors (Lipinski definition) is 1. The molecule has 0 aliphatic carbocycles. The van der Waals surface area contributed by atoms with Crippen LogP contribution < -0.4 is 5.73 Å². The van der Waals surface area contributed by atoms with E-state index in [0.29, 0.717) is 6.42 Å². The van der Waals surface area contributed by atoms with E-state index in [1.165, 1.54) is 70.6 Å². The molecule has 22 heavy (non-hydrogen) atoms. The van der Waals surface area contributed by atoms with Crippen molar-refractivity contribution in [2.24, 2.45) is 5.73 Å². The summed E-state index contributed by atoms with van der Waals surface area (Å²) in [6.45, 7) is 2.26. The molecule has 4 heteroatoms. The number of rotatable bonds is 15. The van der Waals surface area contributed by atoms with Gasteiger partial charge in [-0.05, 0) is 32.1 Å². The molecule has 0 aromatic heterocycles. The van der Waals surface area contributed by atoms with E-state index in [2.05, 4.69) is 19.1 Å². The Hall–Kier alpha value is 1.21. The average molecular weight is 327 g/mol. The molecule has 0 unspecified atom stereocenters. The van der Waals surface area contributed by atoms with Gasteiger partial charge in [0.25, 0.3) is 0 Å². The molecule has 2 nitrogen and oxygen atoms in total. The minimum absolute atomic E-state index is 0. The fourth-order valence-electron chi connectivity index (χ4n) is 2.37. The molecule has 120 valence electrons. The summed E-state index contributed by atoms with van der Waals surface area (Å²) in [6.07, 6.45) is 21.9. The van der Waals surface area contributed by atoms with Gasteiger partial charge in [-0.1, -0.05) is 70.4 Å². The van der Waals surface area contributed by atoms with Gasteiger partial charge in [0.2, 0.25) is 5.91 Å². The molecule has 1 amide bonds. The topological polar surface area (TPSA) is 43.1 Å². The summed E-state index contributed by atoms with van der Waals surface area (Å²) in [4.78, 5) is 10.5. The molecule has 0 rings (SSSR count). The van der Waals surface area contributed by atoms with Gasteiger partial charge in [0.1, 0.15) is 0 Å². The Morgan fingerprint density at radius 1 is 0.727 bits per heavy atom. The third-order valence-corrected chi connectivity index (χ3v) is 3.68. The number of amides is 1. The van der Waals surface area contributed by atoms with Crippen molar-refractivity contribution >= 4 is 65.0 Å². The van der Waals surface area contributed by atoms with Crippen LogP contribution in [0.1, 0.15) is 96.8 Å². The van der Waals surface area contributed by atoms with Crippen molar-refractivity contribution in [2.45, 2.75) is 96.8 Å².